The topological polar surface area (TPSA) is 115 Å². The highest BCUT2D eigenvalue weighted by atomic mass is 16.3. The van der Waals surface area contributed by atoms with Crippen LogP contribution in [0.4, 0.5) is 4.79 Å². The van der Waals surface area contributed by atoms with E-state index >= 15 is 0 Å². The molecule has 0 aromatic heterocycles. The molecule has 0 spiro atoms. The summed E-state index contributed by atoms with van der Waals surface area (Å²) in [7, 11) is 0. The first-order chi connectivity index (χ1) is 4.29. The summed E-state index contributed by atoms with van der Waals surface area (Å²) in [5.41, 5.74) is 13.4. The number of urea groups is 1. The van der Waals surface area contributed by atoms with E-state index in [0.717, 1.165) is 0 Å². The summed E-state index contributed by atoms with van der Waals surface area (Å²) in [6, 6.07) is -0.833. The number of carbonyl (C=O) groups excluding carboxylic acids is 1. The number of aliphatic hydroxyl groups is 1. The molecule has 0 saturated carbocycles. The van der Waals surface area contributed by atoms with E-state index in [0.29, 0.717) is 0 Å². The van der Waals surface area contributed by atoms with Crippen LogP contribution in [0.5, 0.6) is 0 Å². The standard InChI is InChI=1S/C4H11NO.CH4N2O/c1-4(2,5)3-6;2-1(3)4/h6H,3,5H2,1-2H3;(H4,2,3,4). The van der Waals surface area contributed by atoms with Gasteiger partial charge in [-0.1, -0.05) is 0 Å². The molecule has 0 radical (unpaired) electrons. The van der Waals surface area contributed by atoms with E-state index in [1.54, 1.807) is 13.8 Å². The van der Waals surface area contributed by atoms with Crippen LogP contribution in [-0.2, 0) is 0 Å². The number of carbonyl (C=O) groups is 1. The molecule has 0 unspecified atom stereocenters. The Morgan fingerprint density at radius 2 is 1.60 bits per heavy atom. The maximum atomic E-state index is 9.00. The number of rotatable bonds is 1. The Morgan fingerprint density at radius 1 is 1.50 bits per heavy atom. The Bertz CT molecular complexity index is 93.6. The van der Waals surface area contributed by atoms with Crippen LogP contribution in [0.2, 0.25) is 0 Å². The predicted octanol–water partition coefficient (Wildman–Crippen LogP) is -1.26. The maximum absolute atomic E-state index is 9.00. The van der Waals surface area contributed by atoms with E-state index in [9.17, 15) is 0 Å². The van der Waals surface area contributed by atoms with Gasteiger partial charge in [-0.25, -0.2) is 4.79 Å². The second kappa shape index (κ2) is 5.01. The average molecular weight is 149 g/mol. The van der Waals surface area contributed by atoms with Crippen LogP contribution in [0, 0.1) is 0 Å². The predicted molar refractivity (Wildman–Crippen MR) is 39.1 cm³/mol. The van der Waals surface area contributed by atoms with Gasteiger partial charge < -0.3 is 22.3 Å². The third-order valence-electron chi connectivity index (χ3n) is 0.408. The number of amides is 2. The van der Waals surface area contributed by atoms with Crippen molar-refractivity contribution in [3.8, 4) is 0 Å². The minimum Gasteiger partial charge on any atom is -0.394 e. The smallest absolute Gasteiger partial charge is 0.309 e. The van der Waals surface area contributed by atoms with Crippen LogP contribution >= 0.6 is 0 Å². The van der Waals surface area contributed by atoms with E-state index in [4.69, 9.17) is 15.6 Å². The lowest BCUT2D eigenvalue weighted by molar-refractivity contribution is 0.221. The van der Waals surface area contributed by atoms with Crippen LogP contribution in [0.1, 0.15) is 13.8 Å². The highest BCUT2D eigenvalue weighted by Crippen LogP contribution is 1.89. The van der Waals surface area contributed by atoms with E-state index in [1.165, 1.54) is 0 Å². The maximum Gasteiger partial charge on any atom is 0.309 e. The fourth-order valence-corrected chi connectivity index (χ4v) is 0. The minimum absolute atomic E-state index is 0.0486. The van der Waals surface area contributed by atoms with E-state index in [-0.39, 0.29) is 6.61 Å². The van der Waals surface area contributed by atoms with Crippen molar-refractivity contribution in [2.24, 2.45) is 17.2 Å². The molecular weight excluding hydrogens is 134 g/mol. The first-order valence-corrected chi connectivity index (χ1v) is 2.74. The number of primary amides is 2. The minimum atomic E-state index is -0.833. The molecule has 7 N–H and O–H groups in total. The molecule has 0 saturated heterocycles. The van der Waals surface area contributed by atoms with E-state index < -0.39 is 11.6 Å². The molecule has 10 heavy (non-hydrogen) atoms. The van der Waals surface area contributed by atoms with Gasteiger partial charge >= 0.3 is 6.03 Å². The molecule has 5 nitrogen and oxygen atoms in total. The Labute approximate surface area is 60.2 Å². The van der Waals surface area contributed by atoms with Gasteiger partial charge in [0.05, 0.1) is 6.61 Å². The molecule has 0 aromatic carbocycles. The number of nitrogens with two attached hydrogens (primary N) is 3. The van der Waals surface area contributed by atoms with Crippen LogP contribution in [-0.4, -0.2) is 23.3 Å². The summed E-state index contributed by atoms with van der Waals surface area (Å²) < 4.78 is 0. The first kappa shape index (κ1) is 11.9. The van der Waals surface area contributed by atoms with Gasteiger partial charge in [0, 0.05) is 5.54 Å². The van der Waals surface area contributed by atoms with Gasteiger partial charge in [-0.05, 0) is 13.8 Å². The molecular formula is C5H15N3O2. The highest BCUT2D eigenvalue weighted by Gasteiger charge is 2.05. The molecule has 0 rings (SSSR count). The van der Waals surface area contributed by atoms with Gasteiger partial charge in [-0.15, -0.1) is 0 Å². The van der Waals surface area contributed by atoms with Crippen molar-refractivity contribution in [3.05, 3.63) is 0 Å². The Hall–Kier alpha value is -0.810. The Kier molecular flexibility index (Phi) is 5.98. The molecule has 0 aliphatic rings. The zero-order chi connectivity index (χ0) is 8.78. The van der Waals surface area contributed by atoms with Gasteiger partial charge in [0.25, 0.3) is 0 Å². The largest absolute Gasteiger partial charge is 0.394 e. The van der Waals surface area contributed by atoms with Crippen molar-refractivity contribution in [2.75, 3.05) is 6.61 Å². The van der Waals surface area contributed by atoms with E-state index in [1.807, 2.05) is 0 Å². The molecule has 0 fully saturated rings. The van der Waals surface area contributed by atoms with Gasteiger partial charge in [0.2, 0.25) is 0 Å². The molecule has 62 valence electrons. The van der Waals surface area contributed by atoms with Crippen LogP contribution in [0.25, 0.3) is 0 Å². The normalized spacial score (nSPS) is 9.60. The summed E-state index contributed by atoms with van der Waals surface area (Å²) in [6.45, 7) is 3.59. The molecule has 0 atom stereocenters. The Balaban J connectivity index is 0. The second-order valence-corrected chi connectivity index (χ2v) is 2.55. The van der Waals surface area contributed by atoms with Crippen molar-refractivity contribution in [1.29, 1.82) is 0 Å². The summed E-state index contributed by atoms with van der Waals surface area (Å²) in [4.78, 5) is 9.00. The highest BCUT2D eigenvalue weighted by molar-refractivity contribution is 5.69. The molecule has 0 aliphatic heterocycles. The van der Waals surface area contributed by atoms with Gasteiger partial charge in [-0.2, -0.15) is 0 Å². The van der Waals surface area contributed by atoms with Gasteiger partial charge in [0.1, 0.15) is 0 Å². The first-order valence-electron chi connectivity index (χ1n) is 2.74. The zero-order valence-corrected chi connectivity index (χ0v) is 6.29. The summed E-state index contributed by atoms with van der Waals surface area (Å²) in [5, 5.41) is 8.28. The average Bonchev–Trinajstić information content (AvgIpc) is 1.63. The monoisotopic (exact) mass is 149 g/mol. The van der Waals surface area contributed by atoms with Gasteiger partial charge in [0.15, 0.2) is 0 Å². The van der Waals surface area contributed by atoms with Crippen molar-refractivity contribution >= 4 is 6.03 Å². The quantitative estimate of drug-likeness (QED) is 0.373. The lowest BCUT2D eigenvalue weighted by Crippen LogP contribution is -2.35. The van der Waals surface area contributed by atoms with Crippen LogP contribution in [0.3, 0.4) is 0 Å². The molecule has 0 heterocycles. The fourth-order valence-electron chi connectivity index (χ4n) is 0. The number of hydrogen-bond donors (Lipinski definition) is 4. The third kappa shape index (κ3) is 57.4. The lowest BCUT2D eigenvalue weighted by atomic mass is 10.1. The zero-order valence-electron chi connectivity index (χ0n) is 6.29. The van der Waals surface area contributed by atoms with Crippen LogP contribution in [0.15, 0.2) is 0 Å². The van der Waals surface area contributed by atoms with Crippen LogP contribution < -0.4 is 17.2 Å². The molecule has 0 aliphatic carbocycles. The molecule has 0 aromatic rings. The lowest BCUT2D eigenvalue weighted by Gasteiger charge is -2.12. The van der Waals surface area contributed by atoms with Crippen molar-refractivity contribution in [3.63, 3.8) is 0 Å². The third-order valence-corrected chi connectivity index (χ3v) is 0.408. The Morgan fingerprint density at radius 3 is 1.60 bits per heavy atom. The van der Waals surface area contributed by atoms with Crippen molar-refractivity contribution in [1.82, 2.24) is 0 Å². The number of aliphatic hydroxyl groups excluding tert-OH is 1. The van der Waals surface area contributed by atoms with Gasteiger partial charge in [-0.3, -0.25) is 0 Å². The number of hydrogen-bond acceptors (Lipinski definition) is 3. The van der Waals surface area contributed by atoms with Crippen molar-refractivity contribution < 1.29 is 9.90 Å². The summed E-state index contributed by atoms with van der Waals surface area (Å²) in [5.74, 6) is 0. The van der Waals surface area contributed by atoms with E-state index in [2.05, 4.69) is 11.5 Å². The fraction of sp³-hybridized carbons (Fsp3) is 0.800. The van der Waals surface area contributed by atoms with Crippen molar-refractivity contribution in [2.45, 2.75) is 19.4 Å². The SMILES string of the molecule is CC(C)(N)CO.NC(N)=O. The second-order valence-electron chi connectivity index (χ2n) is 2.55. The summed E-state index contributed by atoms with van der Waals surface area (Å²) >= 11 is 0. The molecule has 5 heteroatoms. The summed E-state index contributed by atoms with van der Waals surface area (Å²) in [6.07, 6.45) is 0. The molecule has 2 amide bonds. The molecule has 0 bridgehead atoms.